The third-order valence-corrected chi connectivity index (χ3v) is 8.07. The number of ether oxygens (including phenoxy) is 3. The Morgan fingerprint density at radius 2 is 1.82 bits per heavy atom. The van der Waals surface area contributed by atoms with Crippen LogP contribution in [0.3, 0.4) is 0 Å². The number of aryl methyl sites for hydroxylation is 1. The highest BCUT2D eigenvalue weighted by Gasteiger charge is 2.32. The van der Waals surface area contributed by atoms with E-state index < -0.39 is 0 Å². The largest absolute Gasteiger partial charge is 0.497 e. The Morgan fingerprint density at radius 1 is 1.00 bits per heavy atom. The van der Waals surface area contributed by atoms with Crippen molar-refractivity contribution in [1.82, 2.24) is 4.57 Å². The van der Waals surface area contributed by atoms with Gasteiger partial charge in [0, 0.05) is 5.56 Å². The van der Waals surface area contributed by atoms with Crippen LogP contribution in [0.5, 0.6) is 17.2 Å². The van der Waals surface area contributed by atoms with Crippen molar-refractivity contribution in [2.24, 2.45) is 4.99 Å². The molecular formula is C31H28N2O4S. The number of benzene rings is 3. The van der Waals surface area contributed by atoms with Crippen LogP contribution in [0.2, 0.25) is 0 Å². The van der Waals surface area contributed by atoms with Crippen LogP contribution in [0.1, 0.15) is 41.6 Å². The van der Waals surface area contributed by atoms with E-state index in [2.05, 4.69) is 36.4 Å². The molecule has 0 N–H and O–H groups in total. The Morgan fingerprint density at radius 3 is 2.58 bits per heavy atom. The molecule has 1 aliphatic carbocycles. The molecule has 38 heavy (non-hydrogen) atoms. The molecule has 1 unspecified atom stereocenters. The Hall–Kier alpha value is -4.10. The van der Waals surface area contributed by atoms with Crippen LogP contribution in [0, 0.1) is 0 Å². The average molecular weight is 525 g/mol. The Bertz CT molecular complexity index is 1730. The molecule has 0 fully saturated rings. The standard InChI is InChI=1S/C31H28N2O4S/c1-4-37-25-16-9-19(17-26(25)36-3)18-27-30(34)33-29(21-10-13-22(35-2)14-11-21)24-15-12-20-7-5-6-8-23(20)28(24)32-31(33)38-27/h5-11,13-14,16-18,29H,4,12,15H2,1-3H3. The summed E-state index contributed by atoms with van der Waals surface area (Å²) in [6, 6.07) is 21.9. The number of thiazole rings is 1. The number of fused-ring (bicyclic) bond motifs is 3. The fraction of sp³-hybridized carbons (Fsp3) is 0.226. The second kappa shape index (κ2) is 9.99. The Kier molecular flexibility index (Phi) is 6.37. The molecule has 7 heteroatoms. The van der Waals surface area contributed by atoms with E-state index in [0.29, 0.717) is 27.4 Å². The smallest absolute Gasteiger partial charge is 0.271 e. The van der Waals surface area contributed by atoms with Crippen LogP contribution in [0.25, 0.3) is 11.8 Å². The zero-order valence-electron chi connectivity index (χ0n) is 21.6. The maximum Gasteiger partial charge on any atom is 0.271 e. The van der Waals surface area contributed by atoms with Gasteiger partial charge < -0.3 is 14.2 Å². The fourth-order valence-electron chi connectivity index (χ4n) is 5.31. The lowest BCUT2D eigenvalue weighted by atomic mass is 9.83. The van der Waals surface area contributed by atoms with E-state index in [1.165, 1.54) is 22.5 Å². The van der Waals surface area contributed by atoms with Gasteiger partial charge in [-0.3, -0.25) is 9.36 Å². The van der Waals surface area contributed by atoms with Crippen molar-refractivity contribution < 1.29 is 14.2 Å². The van der Waals surface area contributed by atoms with Crippen molar-refractivity contribution in [3.63, 3.8) is 0 Å². The molecule has 1 aliphatic heterocycles. The predicted molar refractivity (Wildman–Crippen MR) is 150 cm³/mol. The summed E-state index contributed by atoms with van der Waals surface area (Å²) in [5.74, 6) is 2.10. The second-order valence-corrected chi connectivity index (χ2v) is 10.2. The van der Waals surface area contributed by atoms with E-state index in [1.807, 2.05) is 47.9 Å². The first-order valence-corrected chi connectivity index (χ1v) is 13.5. The summed E-state index contributed by atoms with van der Waals surface area (Å²) in [6.45, 7) is 2.48. The molecule has 2 aliphatic rings. The van der Waals surface area contributed by atoms with Crippen LogP contribution in [-0.2, 0) is 6.42 Å². The summed E-state index contributed by atoms with van der Waals surface area (Å²) in [5.41, 5.74) is 6.48. The summed E-state index contributed by atoms with van der Waals surface area (Å²) >= 11 is 1.42. The van der Waals surface area contributed by atoms with E-state index in [-0.39, 0.29) is 11.6 Å². The molecule has 4 aromatic rings. The highest BCUT2D eigenvalue weighted by molar-refractivity contribution is 7.07. The highest BCUT2D eigenvalue weighted by Crippen LogP contribution is 2.41. The van der Waals surface area contributed by atoms with Crippen LogP contribution >= 0.6 is 11.3 Å². The van der Waals surface area contributed by atoms with E-state index in [4.69, 9.17) is 19.2 Å². The van der Waals surface area contributed by atoms with Gasteiger partial charge in [-0.2, -0.15) is 0 Å². The molecule has 192 valence electrons. The minimum Gasteiger partial charge on any atom is -0.497 e. The normalized spacial score (nSPS) is 16.3. The van der Waals surface area contributed by atoms with Gasteiger partial charge >= 0.3 is 0 Å². The minimum absolute atomic E-state index is 0.0483. The summed E-state index contributed by atoms with van der Waals surface area (Å²) in [7, 11) is 3.28. The number of hydrogen-bond donors (Lipinski definition) is 0. The molecule has 3 aromatic carbocycles. The van der Waals surface area contributed by atoms with Crippen molar-refractivity contribution in [3.8, 4) is 17.2 Å². The maximum atomic E-state index is 13.9. The van der Waals surface area contributed by atoms with Gasteiger partial charge in [0.2, 0.25) is 0 Å². The lowest BCUT2D eigenvalue weighted by Crippen LogP contribution is -2.38. The Labute approximate surface area is 224 Å². The summed E-state index contributed by atoms with van der Waals surface area (Å²) < 4.78 is 19.1. The number of hydrogen-bond acceptors (Lipinski definition) is 6. The lowest BCUT2D eigenvalue weighted by Gasteiger charge is -2.30. The van der Waals surface area contributed by atoms with Crippen molar-refractivity contribution in [3.05, 3.63) is 114 Å². The van der Waals surface area contributed by atoms with Gasteiger partial charge in [0.1, 0.15) is 5.75 Å². The molecule has 0 amide bonds. The third kappa shape index (κ3) is 4.13. The zero-order valence-corrected chi connectivity index (χ0v) is 22.4. The summed E-state index contributed by atoms with van der Waals surface area (Å²) in [5, 5.41) is 0. The van der Waals surface area contributed by atoms with Gasteiger partial charge in [0.15, 0.2) is 16.3 Å². The van der Waals surface area contributed by atoms with Gasteiger partial charge in [0.05, 0.1) is 37.1 Å². The number of allylic oxidation sites excluding steroid dienone is 1. The highest BCUT2D eigenvalue weighted by atomic mass is 32.1. The van der Waals surface area contributed by atoms with E-state index in [0.717, 1.165) is 41.0 Å². The van der Waals surface area contributed by atoms with Gasteiger partial charge in [-0.15, -0.1) is 0 Å². The molecule has 0 spiro atoms. The first-order valence-electron chi connectivity index (χ1n) is 12.7. The molecule has 0 saturated carbocycles. The number of rotatable bonds is 6. The first-order chi connectivity index (χ1) is 18.6. The Balaban J connectivity index is 1.55. The molecule has 2 heterocycles. The zero-order chi connectivity index (χ0) is 26.2. The molecule has 6 rings (SSSR count). The second-order valence-electron chi connectivity index (χ2n) is 9.23. The molecular weight excluding hydrogens is 496 g/mol. The van der Waals surface area contributed by atoms with Gasteiger partial charge in [-0.25, -0.2) is 4.99 Å². The van der Waals surface area contributed by atoms with Crippen molar-refractivity contribution in [1.29, 1.82) is 0 Å². The topological polar surface area (TPSA) is 62.0 Å². The van der Waals surface area contributed by atoms with Crippen molar-refractivity contribution >= 4 is 23.1 Å². The lowest BCUT2D eigenvalue weighted by molar-refractivity contribution is 0.311. The number of methoxy groups -OCH3 is 2. The molecule has 1 aromatic heterocycles. The quantitative estimate of drug-likeness (QED) is 0.366. The van der Waals surface area contributed by atoms with Gasteiger partial charge in [0.25, 0.3) is 5.56 Å². The maximum absolute atomic E-state index is 13.9. The third-order valence-electron chi connectivity index (χ3n) is 7.09. The van der Waals surface area contributed by atoms with E-state index >= 15 is 0 Å². The minimum atomic E-state index is -0.225. The van der Waals surface area contributed by atoms with Crippen molar-refractivity contribution in [2.45, 2.75) is 25.8 Å². The predicted octanol–water partition coefficient (Wildman–Crippen LogP) is 4.73. The number of nitrogens with zero attached hydrogens (tertiary/aromatic N) is 2. The molecule has 1 atom stereocenters. The summed E-state index contributed by atoms with van der Waals surface area (Å²) in [6.07, 6.45) is 3.68. The van der Waals surface area contributed by atoms with Crippen molar-refractivity contribution in [2.75, 3.05) is 20.8 Å². The SMILES string of the molecule is CCOc1ccc(C=c2sc3n(c2=O)C(c2ccc(OC)cc2)C2=C(N=3)c3ccccc3CC2)cc1OC. The fourth-order valence-corrected chi connectivity index (χ4v) is 6.31. The van der Waals surface area contributed by atoms with Crippen LogP contribution in [0.15, 0.2) is 82.1 Å². The van der Waals surface area contributed by atoms with Crippen LogP contribution in [-0.4, -0.2) is 25.4 Å². The molecule has 0 bridgehead atoms. The van der Waals surface area contributed by atoms with Crippen LogP contribution < -0.4 is 29.1 Å². The van der Waals surface area contributed by atoms with Gasteiger partial charge in [-0.05, 0) is 72.4 Å². The number of aromatic nitrogens is 1. The molecule has 0 radical (unpaired) electrons. The van der Waals surface area contributed by atoms with Crippen LogP contribution in [0.4, 0.5) is 0 Å². The van der Waals surface area contributed by atoms with Gasteiger partial charge in [-0.1, -0.05) is 53.8 Å². The summed E-state index contributed by atoms with van der Waals surface area (Å²) in [4.78, 5) is 19.7. The average Bonchev–Trinajstić information content (AvgIpc) is 3.27. The molecule has 0 saturated heterocycles. The molecule has 6 nitrogen and oxygen atoms in total. The first kappa shape index (κ1) is 24.2. The van der Waals surface area contributed by atoms with E-state index in [1.54, 1.807) is 14.2 Å². The monoisotopic (exact) mass is 524 g/mol. The van der Waals surface area contributed by atoms with E-state index in [9.17, 15) is 4.79 Å².